The lowest BCUT2D eigenvalue weighted by Gasteiger charge is -2.15. The smallest absolute Gasteiger partial charge is 0.138 e. The highest BCUT2D eigenvalue weighted by atomic mass is 15.3. The standard InChI is InChI=1S/C11H19N7/c1-3-5-18-10(14-8-15-18)7-9(16-12)11-13-4-6-17(11)2/h4,6,8-9,16H,3,5,7,12H2,1-2H3. The summed E-state index contributed by atoms with van der Waals surface area (Å²) in [6.45, 7) is 2.98. The molecule has 1 atom stereocenters. The van der Waals surface area contributed by atoms with E-state index in [0.29, 0.717) is 6.42 Å². The molecule has 98 valence electrons. The van der Waals surface area contributed by atoms with Gasteiger partial charge in [-0.05, 0) is 6.42 Å². The first-order chi connectivity index (χ1) is 8.76. The molecule has 2 aromatic rings. The monoisotopic (exact) mass is 249 g/mol. The molecule has 0 bridgehead atoms. The van der Waals surface area contributed by atoms with Crippen molar-refractivity contribution < 1.29 is 0 Å². The Labute approximate surface area is 106 Å². The highest BCUT2D eigenvalue weighted by molar-refractivity contribution is 5.02. The summed E-state index contributed by atoms with van der Waals surface area (Å²) in [5.74, 6) is 7.42. The van der Waals surface area contributed by atoms with Gasteiger partial charge in [-0.15, -0.1) is 0 Å². The molecule has 2 rings (SSSR count). The Kier molecular flexibility index (Phi) is 4.06. The molecule has 0 aliphatic rings. The van der Waals surface area contributed by atoms with Crippen molar-refractivity contribution in [1.29, 1.82) is 0 Å². The van der Waals surface area contributed by atoms with Crippen LogP contribution in [0.1, 0.15) is 31.0 Å². The Morgan fingerprint density at radius 3 is 2.89 bits per heavy atom. The summed E-state index contributed by atoms with van der Waals surface area (Å²) in [5, 5.41) is 4.21. The number of hydrazine groups is 1. The minimum atomic E-state index is -0.0650. The van der Waals surface area contributed by atoms with E-state index in [9.17, 15) is 0 Å². The fourth-order valence-electron chi connectivity index (χ4n) is 1.97. The Morgan fingerprint density at radius 1 is 1.44 bits per heavy atom. The van der Waals surface area contributed by atoms with Gasteiger partial charge >= 0.3 is 0 Å². The van der Waals surface area contributed by atoms with Gasteiger partial charge in [-0.25, -0.2) is 15.4 Å². The number of aromatic nitrogens is 5. The molecule has 7 nitrogen and oxygen atoms in total. The topological polar surface area (TPSA) is 86.6 Å². The van der Waals surface area contributed by atoms with E-state index in [2.05, 4.69) is 27.4 Å². The fraction of sp³-hybridized carbons (Fsp3) is 0.545. The molecule has 0 aliphatic heterocycles. The van der Waals surface area contributed by atoms with Crippen molar-refractivity contribution in [1.82, 2.24) is 29.7 Å². The molecule has 0 amide bonds. The predicted molar refractivity (Wildman–Crippen MR) is 67.3 cm³/mol. The first-order valence-corrected chi connectivity index (χ1v) is 6.06. The van der Waals surface area contributed by atoms with Gasteiger partial charge in [0.25, 0.3) is 0 Å². The molecule has 0 spiro atoms. The van der Waals surface area contributed by atoms with E-state index >= 15 is 0 Å². The molecule has 2 heterocycles. The van der Waals surface area contributed by atoms with Crippen LogP contribution in [-0.2, 0) is 20.0 Å². The fourth-order valence-corrected chi connectivity index (χ4v) is 1.97. The average molecular weight is 249 g/mol. The van der Waals surface area contributed by atoms with Gasteiger partial charge in [0.2, 0.25) is 0 Å². The SMILES string of the molecule is CCCn1ncnc1CC(NN)c1nccn1C. The van der Waals surface area contributed by atoms with Crippen molar-refractivity contribution in [3.8, 4) is 0 Å². The van der Waals surface area contributed by atoms with Gasteiger partial charge in [0.15, 0.2) is 0 Å². The van der Waals surface area contributed by atoms with Gasteiger partial charge in [-0.1, -0.05) is 6.92 Å². The molecule has 0 radical (unpaired) electrons. The molecule has 0 aromatic carbocycles. The zero-order valence-corrected chi connectivity index (χ0v) is 10.7. The van der Waals surface area contributed by atoms with Crippen molar-refractivity contribution in [3.05, 3.63) is 30.4 Å². The summed E-state index contributed by atoms with van der Waals surface area (Å²) in [6.07, 6.45) is 6.94. The highest BCUT2D eigenvalue weighted by Crippen LogP contribution is 2.14. The molecule has 7 heteroatoms. The second-order valence-corrected chi connectivity index (χ2v) is 4.22. The second kappa shape index (κ2) is 5.74. The highest BCUT2D eigenvalue weighted by Gasteiger charge is 2.17. The maximum atomic E-state index is 5.61. The average Bonchev–Trinajstić information content (AvgIpc) is 2.96. The molecule has 1 unspecified atom stereocenters. The van der Waals surface area contributed by atoms with Crippen molar-refractivity contribution in [3.63, 3.8) is 0 Å². The van der Waals surface area contributed by atoms with E-state index in [1.165, 1.54) is 0 Å². The number of aryl methyl sites for hydroxylation is 2. The summed E-state index contributed by atoms with van der Waals surface area (Å²) in [6, 6.07) is -0.0650. The van der Waals surface area contributed by atoms with Crippen LogP contribution in [0.5, 0.6) is 0 Å². The van der Waals surface area contributed by atoms with E-state index in [4.69, 9.17) is 5.84 Å². The summed E-state index contributed by atoms with van der Waals surface area (Å²) in [4.78, 5) is 8.59. The minimum absolute atomic E-state index is 0.0650. The van der Waals surface area contributed by atoms with Gasteiger partial charge in [0.1, 0.15) is 18.0 Å². The first-order valence-electron chi connectivity index (χ1n) is 6.06. The number of rotatable bonds is 6. The number of nitrogens with one attached hydrogen (secondary N) is 1. The van der Waals surface area contributed by atoms with E-state index in [0.717, 1.165) is 24.6 Å². The third-order valence-corrected chi connectivity index (χ3v) is 2.89. The number of nitrogens with zero attached hydrogens (tertiary/aromatic N) is 5. The number of hydrogen-bond acceptors (Lipinski definition) is 5. The maximum absolute atomic E-state index is 5.61. The molecular weight excluding hydrogens is 230 g/mol. The quantitative estimate of drug-likeness (QED) is 0.563. The van der Waals surface area contributed by atoms with Crippen LogP contribution in [0.25, 0.3) is 0 Å². The largest absolute Gasteiger partial charge is 0.337 e. The number of nitrogens with two attached hydrogens (primary N) is 1. The number of imidazole rings is 1. The Morgan fingerprint density at radius 2 is 2.28 bits per heavy atom. The van der Waals surface area contributed by atoms with Gasteiger partial charge in [0.05, 0.1) is 6.04 Å². The van der Waals surface area contributed by atoms with Crippen LogP contribution in [0, 0.1) is 0 Å². The predicted octanol–water partition coefficient (Wildman–Crippen LogP) is 0.169. The zero-order chi connectivity index (χ0) is 13.0. The molecule has 18 heavy (non-hydrogen) atoms. The lowest BCUT2D eigenvalue weighted by atomic mass is 10.2. The molecule has 0 aliphatic carbocycles. The van der Waals surface area contributed by atoms with Crippen LogP contribution >= 0.6 is 0 Å². The first kappa shape index (κ1) is 12.7. The van der Waals surface area contributed by atoms with Crippen molar-refractivity contribution >= 4 is 0 Å². The summed E-state index contributed by atoms with van der Waals surface area (Å²) in [7, 11) is 1.95. The van der Waals surface area contributed by atoms with Crippen LogP contribution < -0.4 is 11.3 Å². The van der Waals surface area contributed by atoms with Crippen molar-refractivity contribution in [2.24, 2.45) is 12.9 Å². The maximum Gasteiger partial charge on any atom is 0.138 e. The van der Waals surface area contributed by atoms with Gasteiger partial charge in [0, 0.05) is 32.4 Å². The normalized spacial score (nSPS) is 12.8. The van der Waals surface area contributed by atoms with Crippen molar-refractivity contribution in [2.75, 3.05) is 0 Å². The van der Waals surface area contributed by atoms with E-state index in [1.807, 2.05) is 22.5 Å². The van der Waals surface area contributed by atoms with E-state index < -0.39 is 0 Å². The van der Waals surface area contributed by atoms with Gasteiger partial charge in [-0.2, -0.15) is 5.10 Å². The Hall–Kier alpha value is -1.73. The molecule has 2 aromatic heterocycles. The van der Waals surface area contributed by atoms with Crippen LogP contribution in [-0.4, -0.2) is 24.3 Å². The van der Waals surface area contributed by atoms with Crippen LogP contribution in [0.3, 0.4) is 0 Å². The Balaban J connectivity index is 2.15. The van der Waals surface area contributed by atoms with E-state index in [-0.39, 0.29) is 6.04 Å². The summed E-state index contributed by atoms with van der Waals surface area (Å²) in [5.41, 5.74) is 2.79. The lowest BCUT2D eigenvalue weighted by molar-refractivity contribution is 0.472. The molecule has 3 N–H and O–H groups in total. The zero-order valence-electron chi connectivity index (χ0n) is 10.7. The van der Waals surface area contributed by atoms with Gasteiger partial charge < -0.3 is 4.57 Å². The lowest BCUT2D eigenvalue weighted by Crippen LogP contribution is -2.32. The Bertz CT molecular complexity index is 487. The van der Waals surface area contributed by atoms with Crippen LogP contribution in [0.4, 0.5) is 0 Å². The molecular formula is C11H19N7. The number of hydrogen-bond donors (Lipinski definition) is 2. The second-order valence-electron chi connectivity index (χ2n) is 4.22. The summed E-state index contributed by atoms with van der Waals surface area (Å²) >= 11 is 0. The van der Waals surface area contributed by atoms with Crippen LogP contribution in [0.15, 0.2) is 18.7 Å². The third kappa shape index (κ3) is 2.57. The van der Waals surface area contributed by atoms with Crippen molar-refractivity contribution in [2.45, 2.75) is 32.4 Å². The van der Waals surface area contributed by atoms with Gasteiger partial charge in [-0.3, -0.25) is 10.5 Å². The summed E-state index contributed by atoms with van der Waals surface area (Å²) < 4.78 is 3.86. The van der Waals surface area contributed by atoms with E-state index in [1.54, 1.807) is 12.5 Å². The minimum Gasteiger partial charge on any atom is -0.337 e. The molecule has 0 saturated heterocycles. The third-order valence-electron chi connectivity index (χ3n) is 2.89. The van der Waals surface area contributed by atoms with Crippen LogP contribution in [0.2, 0.25) is 0 Å². The molecule has 0 saturated carbocycles. The molecule has 0 fully saturated rings.